The van der Waals surface area contributed by atoms with Crippen LogP contribution in [0.5, 0.6) is 0 Å². The lowest BCUT2D eigenvalue weighted by Gasteiger charge is -2.27. The number of para-hydroxylation sites is 1. The predicted molar refractivity (Wildman–Crippen MR) is 129 cm³/mol. The van der Waals surface area contributed by atoms with Crippen LogP contribution in [0.25, 0.3) is 5.57 Å². The second-order valence-corrected chi connectivity index (χ2v) is 8.85. The fourth-order valence-corrected chi connectivity index (χ4v) is 4.36. The Morgan fingerprint density at radius 2 is 1.90 bits per heavy atom. The first-order valence-corrected chi connectivity index (χ1v) is 10.8. The zero-order valence-corrected chi connectivity index (χ0v) is 18.9. The van der Waals surface area contributed by atoms with Crippen LogP contribution in [-0.2, 0) is 11.8 Å². The summed E-state index contributed by atoms with van der Waals surface area (Å²) in [5, 5.41) is 0. The maximum atomic E-state index is 3.87. The van der Waals surface area contributed by atoms with E-state index in [1.807, 2.05) is 6.08 Å². The van der Waals surface area contributed by atoms with E-state index in [2.05, 4.69) is 108 Å². The highest BCUT2D eigenvalue weighted by Crippen LogP contribution is 2.51. The van der Waals surface area contributed by atoms with Crippen molar-refractivity contribution < 1.29 is 0 Å². The number of rotatable bonds is 6. The number of anilines is 2. The Morgan fingerprint density at radius 3 is 2.59 bits per heavy atom. The molecule has 1 aliphatic carbocycles. The highest BCUT2D eigenvalue weighted by molar-refractivity contribution is 5.81. The molecule has 29 heavy (non-hydrogen) atoms. The van der Waals surface area contributed by atoms with Crippen molar-refractivity contribution in [2.45, 2.75) is 52.9 Å². The molecule has 0 radical (unpaired) electrons. The van der Waals surface area contributed by atoms with Crippen LogP contribution in [0.3, 0.4) is 0 Å². The molecule has 1 unspecified atom stereocenters. The molecule has 0 saturated carbocycles. The molecular weight excluding hydrogens is 350 g/mol. The number of nitrogens with zero attached hydrogens (tertiary/aromatic N) is 1. The summed E-state index contributed by atoms with van der Waals surface area (Å²) in [5.74, 6) is 0.472. The lowest BCUT2D eigenvalue weighted by Crippen LogP contribution is -2.21. The van der Waals surface area contributed by atoms with Crippen LogP contribution in [0.1, 0.15) is 57.7 Å². The summed E-state index contributed by atoms with van der Waals surface area (Å²) in [7, 11) is 2.19. The van der Waals surface area contributed by atoms with Gasteiger partial charge in [0.25, 0.3) is 0 Å². The van der Waals surface area contributed by atoms with Crippen molar-refractivity contribution in [2.75, 3.05) is 11.9 Å². The molecule has 0 amide bonds. The molecule has 0 heterocycles. The number of aryl methyl sites for hydroxylation is 1. The molecule has 0 N–H and O–H groups in total. The number of fused-ring (bicyclic) bond motifs is 1. The molecule has 0 aliphatic heterocycles. The summed E-state index contributed by atoms with van der Waals surface area (Å²) >= 11 is 0. The first-order valence-electron chi connectivity index (χ1n) is 10.8. The smallest absolute Gasteiger partial charge is 0.0440 e. The van der Waals surface area contributed by atoms with Gasteiger partial charge in [0.1, 0.15) is 0 Å². The fourth-order valence-electron chi connectivity index (χ4n) is 4.36. The highest BCUT2D eigenvalue weighted by atomic mass is 15.1. The highest BCUT2D eigenvalue weighted by Gasteiger charge is 2.40. The third-order valence-electron chi connectivity index (χ3n) is 6.66. The van der Waals surface area contributed by atoms with E-state index in [4.69, 9.17) is 0 Å². The van der Waals surface area contributed by atoms with Gasteiger partial charge in [-0.1, -0.05) is 88.8 Å². The van der Waals surface area contributed by atoms with Crippen molar-refractivity contribution in [2.24, 2.45) is 5.92 Å². The Kier molecular flexibility index (Phi) is 6.17. The molecule has 0 saturated heterocycles. The van der Waals surface area contributed by atoms with E-state index in [9.17, 15) is 0 Å². The van der Waals surface area contributed by atoms with E-state index in [0.717, 1.165) is 12.8 Å². The monoisotopic (exact) mass is 385 g/mol. The Labute approximate surface area is 177 Å². The van der Waals surface area contributed by atoms with Gasteiger partial charge < -0.3 is 4.90 Å². The predicted octanol–water partition coefficient (Wildman–Crippen LogP) is 7.85. The van der Waals surface area contributed by atoms with Crippen molar-refractivity contribution in [3.8, 4) is 0 Å². The third kappa shape index (κ3) is 3.96. The standard InChI is InChI=1S/C28H35N/c1-8-12-22-13-10-11-14-27(22)29(7)23-16-18-25-24(17-15-20(3)9-2)21(4)28(5,6)26(25)19-23/h9-11,13-19,21H,2,8,12H2,1,3-7H3/b20-15+,24-17+. The third-order valence-corrected chi connectivity index (χ3v) is 6.66. The summed E-state index contributed by atoms with van der Waals surface area (Å²) in [6.07, 6.45) is 8.65. The quantitative estimate of drug-likeness (QED) is 0.458. The van der Waals surface area contributed by atoms with Gasteiger partial charge in [0.05, 0.1) is 0 Å². The fraction of sp³-hybridized carbons (Fsp3) is 0.357. The summed E-state index contributed by atoms with van der Waals surface area (Å²) in [6, 6.07) is 15.8. The molecule has 0 spiro atoms. The minimum absolute atomic E-state index is 0.108. The minimum atomic E-state index is 0.108. The summed E-state index contributed by atoms with van der Waals surface area (Å²) in [4.78, 5) is 2.34. The van der Waals surface area contributed by atoms with Gasteiger partial charge in [0.2, 0.25) is 0 Å². The molecule has 1 nitrogen and oxygen atoms in total. The Morgan fingerprint density at radius 1 is 1.17 bits per heavy atom. The number of benzene rings is 2. The topological polar surface area (TPSA) is 3.24 Å². The van der Waals surface area contributed by atoms with Crippen LogP contribution in [0.2, 0.25) is 0 Å². The molecule has 2 aromatic rings. The molecule has 3 rings (SSSR count). The van der Waals surface area contributed by atoms with Gasteiger partial charge in [0.15, 0.2) is 0 Å². The van der Waals surface area contributed by atoms with Crippen LogP contribution < -0.4 is 4.90 Å². The van der Waals surface area contributed by atoms with Gasteiger partial charge in [-0.15, -0.1) is 0 Å². The summed E-state index contributed by atoms with van der Waals surface area (Å²) in [5.41, 5.74) is 9.53. The van der Waals surface area contributed by atoms with E-state index in [0.29, 0.717) is 5.92 Å². The van der Waals surface area contributed by atoms with Gasteiger partial charge >= 0.3 is 0 Å². The summed E-state index contributed by atoms with van der Waals surface area (Å²) in [6.45, 7) is 15.3. The lowest BCUT2D eigenvalue weighted by atomic mass is 9.78. The SMILES string of the molecule is C=C/C(C)=C/C=C1/c2ccc(N(C)c3ccccc3CCC)cc2C(C)(C)C1C. The number of hydrogen-bond acceptors (Lipinski definition) is 1. The molecular formula is C28H35N. The van der Waals surface area contributed by atoms with E-state index in [1.54, 1.807) is 0 Å². The van der Waals surface area contributed by atoms with Crippen molar-refractivity contribution >= 4 is 16.9 Å². The molecule has 0 fully saturated rings. The zero-order chi connectivity index (χ0) is 21.2. The molecule has 152 valence electrons. The molecule has 1 aliphatic rings. The van der Waals surface area contributed by atoms with Crippen LogP contribution in [0.15, 0.2) is 72.8 Å². The second-order valence-electron chi connectivity index (χ2n) is 8.85. The second kappa shape index (κ2) is 8.45. The summed E-state index contributed by atoms with van der Waals surface area (Å²) < 4.78 is 0. The van der Waals surface area contributed by atoms with Crippen molar-refractivity contribution in [1.29, 1.82) is 0 Å². The van der Waals surface area contributed by atoms with E-state index in [1.165, 1.54) is 39.2 Å². The average molecular weight is 386 g/mol. The normalized spacial score (nSPS) is 19.3. The lowest BCUT2D eigenvalue weighted by molar-refractivity contribution is 0.442. The first-order chi connectivity index (χ1) is 13.8. The van der Waals surface area contributed by atoms with Gasteiger partial charge in [-0.05, 0) is 65.1 Å². The Balaban J connectivity index is 2.06. The van der Waals surface area contributed by atoms with Gasteiger partial charge in [-0.25, -0.2) is 0 Å². The zero-order valence-electron chi connectivity index (χ0n) is 18.9. The van der Waals surface area contributed by atoms with Crippen LogP contribution in [0, 0.1) is 5.92 Å². The molecule has 1 heteroatoms. The Bertz CT molecular complexity index is 958. The molecule has 1 atom stereocenters. The molecule has 2 aromatic carbocycles. The van der Waals surface area contributed by atoms with Crippen LogP contribution in [0.4, 0.5) is 11.4 Å². The maximum Gasteiger partial charge on any atom is 0.0440 e. The van der Waals surface area contributed by atoms with Crippen LogP contribution in [-0.4, -0.2) is 7.05 Å². The van der Waals surface area contributed by atoms with Crippen molar-refractivity contribution in [1.82, 2.24) is 0 Å². The van der Waals surface area contributed by atoms with E-state index >= 15 is 0 Å². The Hall–Kier alpha value is -2.54. The van der Waals surface area contributed by atoms with Crippen molar-refractivity contribution in [3.05, 3.63) is 89.5 Å². The van der Waals surface area contributed by atoms with Crippen LogP contribution >= 0.6 is 0 Å². The van der Waals surface area contributed by atoms with Gasteiger partial charge in [-0.3, -0.25) is 0 Å². The van der Waals surface area contributed by atoms with E-state index in [-0.39, 0.29) is 5.41 Å². The average Bonchev–Trinajstić information content (AvgIpc) is 2.91. The minimum Gasteiger partial charge on any atom is -0.344 e. The van der Waals surface area contributed by atoms with Crippen molar-refractivity contribution in [3.63, 3.8) is 0 Å². The largest absolute Gasteiger partial charge is 0.344 e. The maximum absolute atomic E-state index is 3.87. The number of hydrogen-bond donors (Lipinski definition) is 0. The van der Waals surface area contributed by atoms with Gasteiger partial charge in [0, 0.05) is 18.4 Å². The molecule has 0 bridgehead atoms. The number of allylic oxidation sites excluding steroid dienone is 5. The van der Waals surface area contributed by atoms with Gasteiger partial charge in [-0.2, -0.15) is 0 Å². The molecule has 0 aromatic heterocycles. The van der Waals surface area contributed by atoms with E-state index < -0.39 is 0 Å². The first kappa shape index (κ1) is 21.2.